The van der Waals surface area contributed by atoms with Gasteiger partial charge in [-0.3, -0.25) is 0 Å². The Bertz CT molecular complexity index is 811. The van der Waals surface area contributed by atoms with Gasteiger partial charge in [-0.15, -0.1) is 5.10 Å². The van der Waals surface area contributed by atoms with E-state index in [1.165, 1.54) is 6.20 Å². The molecule has 0 saturated carbocycles. The summed E-state index contributed by atoms with van der Waals surface area (Å²) in [6.07, 6.45) is 1.98. The molecule has 2 aromatic rings. The van der Waals surface area contributed by atoms with E-state index in [1.54, 1.807) is 18.2 Å². The summed E-state index contributed by atoms with van der Waals surface area (Å²) >= 11 is 12.2. The molecule has 0 spiro atoms. The molecule has 1 aliphatic rings. The van der Waals surface area contributed by atoms with Crippen LogP contribution in [0.3, 0.4) is 0 Å². The summed E-state index contributed by atoms with van der Waals surface area (Å²) in [7, 11) is -2.96. The molecule has 1 aliphatic heterocycles. The molecular formula is C13H13Cl2N5O2S. The lowest BCUT2D eigenvalue weighted by atomic mass is 10.3. The molecule has 1 saturated heterocycles. The third kappa shape index (κ3) is 4.01. The smallest absolute Gasteiger partial charge is 0.249 e. The van der Waals surface area contributed by atoms with Crippen molar-refractivity contribution in [2.24, 2.45) is 0 Å². The number of nitrogens with zero attached hydrogens (tertiary/aromatic N) is 3. The van der Waals surface area contributed by atoms with Crippen LogP contribution in [0.1, 0.15) is 6.42 Å². The highest BCUT2D eigenvalue weighted by Gasteiger charge is 2.28. The van der Waals surface area contributed by atoms with Crippen molar-refractivity contribution in [2.45, 2.75) is 12.5 Å². The van der Waals surface area contributed by atoms with E-state index in [9.17, 15) is 8.42 Å². The first kappa shape index (κ1) is 16.2. The summed E-state index contributed by atoms with van der Waals surface area (Å²) in [6.45, 7) is 0. The molecule has 2 N–H and O–H groups in total. The molecule has 3 rings (SSSR count). The van der Waals surface area contributed by atoms with Crippen molar-refractivity contribution in [1.29, 1.82) is 0 Å². The lowest BCUT2D eigenvalue weighted by Crippen LogP contribution is -2.21. The van der Waals surface area contributed by atoms with Gasteiger partial charge in [0.25, 0.3) is 0 Å². The van der Waals surface area contributed by atoms with Gasteiger partial charge in [0, 0.05) is 6.04 Å². The first-order valence-electron chi connectivity index (χ1n) is 6.81. The van der Waals surface area contributed by atoms with Gasteiger partial charge in [0.05, 0.1) is 33.4 Å². The molecule has 0 radical (unpaired) electrons. The van der Waals surface area contributed by atoms with Crippen LogP contribution >= 0.6 is 23.2 Å². The maximum Gasteiger partial charge on any atom is 0.249 e. The third-order valence-electron chi connectivity index (χ3n) is 3.34. The zero-order valence-corrected chi connectivity index (χ0v) is 14.2. The van der Waals surface area contributed by atoms with E-state index in [-0.39, 0.29) is 23.5 Å². The third-order valence-corrected chi connectivity index (χ3v) is 5.74. The number of benzene rings is 1. The van der Waals surface area contributed by atoms with Crippen LogP contribution in [-0.4, -0.2) is 41.1 Å². The van der Waals surface area contributed by atoms with E-state index in [1.807, 2.05) is 0 Å². The van der Waals surface area contributed by atoms with Crippen LogP contribution in [0.15, 0.2) is 24.4 Å². The standard InChI is InChI=1S/C13H13Cl2N5O2S/c14-9-2-1-3-10(15)12(9)19-13-18-11(6-16-20-13)17-8-4-5-23(21,22)7-8/h1-3,6,8H,4-5,7H2,(H2,17,18,19,20). The largest absolute Gasteiger partial charge is 0.365 e. The Morgan fingerprint density at radius 2 is 1.96 bits per heavy atom. The van der Waals surface area contributed by atoms with Gasteiger partial charge in [0.2, 0.25) is 5.95 Å². The number of para-hydroxylation sites is 1. The summed E-state index contributed by atoms with van der Waals surface area (Å²) < 4.78 is 23.0. The van der Waals surface area contributed by atoms with Crippen molar-refractivity contribution < 1.29 is 8.42 Å². The fourth-order valence-electron chi connectivity index (χ4n) is 2.27. The van der Waals surface area contributed by atoms with E-state index in [0.29, 0.717) is 28.0 Å². The summed E-state index contributed by atoms with van der Waals surface area (Å²) in [5.41, 5.74) is 0.484. The van der Waals surface area contributed by atoms with Crippen molar-refractivity contribution in [1.82, 2.24) is 15.2 Å². The second-order valence-electron chi connectivity index (χ2n) is 5.13. The molecule has 122 valence electrons. The predicted octanol–water partition coefficient (Wildman–Crippen LogP) is 2.52. The highest BCUT2D eigenvalue weighted by Crippen LogP contribution is 2.31. The first-order valence-corrected chi connectivity index (χ1v) is 9.38. The second kappa shape index (κ2) is 6.46. The molecule has 1 unspecified atom stereocenters. The summed E-state index contributed by atoms with van der Waals surface area (Å²) in [5.74, 6) is 0.929. The minimum absolute atomic E-state index is 0.0934. The Hall–Kier alpha value is -1.64. The lowest BCUT2D eigenvalue weighted by Gasteiger charge is -2.12. The summed E-state index contributed by atoms with van der Waals surface area (Å²) in [5, 5.41) is 14.5. The Morgan fingerprint density at radius 1 is 1.22 bits per heavy atom. The van der Waals surface area contributed by atoms with Crippen LogP contribution < -0.4 is 10.6 Å². The van der Waals surface area contributed by atoms with Gasteiger partial charge in [-0.1, -0.05) is 29.3 Å². The van der Waals surface area contributed by atoms with Crippen molar-refractivity contribution >= 4 is 50.5 Å². The molecule has 1 aromatic carbocycles. The van der Waals surface area contributed by atoms with Gasteiger partial charge in [0.15, 0.2) is 15.7 Å². The van der Waals surface area contributed by atoms with Crippen molar-refractivity contribution in [3.8, 4) is 0 Å². The number of rotatable bonds is 4. The van der Waals surface area contributed by atoms with Gasteiger partial charge in [-0.2, -0.15) is 10.1 Å². The van der Waals surface area contributed by atoms with Crippen molar-refractivity contribution in [2.75, 3.05) is 22.1 Å². The SMILES string of the molecule is O=S1(=O)CCC(Nc2cnnc(Nc3c(Cl)cccc3Cl)n2)C1. The van der Waals surface area contributed by atoms with Gasteiger partial charge in [-0.25, -0.2) is 8.42 Å². The number of halogens is 2. The average molecular weight is 374 g/mol. The monoisotopic (exact) mass is 373 g/mol. The van der Waals surface area contributed by atoms with Crippen LogP contribution in [0.5, 0.6) is 0 Å². The Labute approximate surface area is 143 Å². The van der Waals surface area contributed by atoms with E-state index in [0.717, 1.165) is 0 Å². The van der Waals surface area contributed by atoms with Gasteiger partial charge < -0.3 is 10.6 Å². The normalized spacial score (nSPS) is 19.5. The van der Waals surface area contributed by atoms with Gasteiger partial charge >= 0.3 is 0 Å². The number of hydrogen-bond acceptors (Lipinski definition) is 7. The Morgan fingerprint density at radius 3 is 2.61 bits per heavy atom. The minimum Gasteiger partial charge on any atom is -0.365 e. The zero-order valence-electron chi connectivity index (χ0n) is 11.8. The molecule has 10 heteroatoms. The minimum atomic E-state index is -2.96. The van der Waals surface area contributed by atoms with Crippen LogP contribution in [0.2, 0.25) is 10.0 Å². The molecule has 0 aliphatic carbocycles. The van der Waals surface area contributed by atoms with E-state index in [4.69, 9.17) is 23.2 Å². The molecule has 2 heterocycles. The van der Waals surface area contributed by atoms with Crippen LogP contribution in [0.4, 0.5) is 17.5 Å². The number of anilines is 3. The second-order valence-corrected chi connectivity index (χ2v) is 8.17. The van der Waals surface area contributed by atoms with Gasteiger partial charge in [-0.05, 0) is 18.6 Å². The molecule has 23 heavy (non-hydrogen) atoms. The predicted molar refractivity (Wildman–Crippen MR) is 90.3 cm³/mol. The topological polar surface area (TPSA) is 96.9 Å². The lowest BCUT2D eigenvalue weighted by molar-refractivity contribution is 0.602. The van der Waals surface area contributed by atoms with Crippen molar-refractivity contribution in [3.63, 3.8) is 0 Å². The zero-order chi connectivity index (χ0) is 16.4. The molecule has 7 nitrogen and oxygen atoms in total. The highest BCUT2D eigenvalue weighted by atomic mass is 35.5. The van der Waals surface area contributed by atoms with E-state index >= 15 is 0 Å². The molecule has 0 amide bonds. The number of hydrogen-bond donors (Lipinski definition) is 2. The average Bonchev–Trinajstić information content (AvgIpc) is 2.82. The highest BCUT2D eigenvalue weighted by molar-refractivity contribution is 7.91. The number of aromatic nitrogens is 3. The van der Waals surface area contributed by atoms with E-state index in [2.05, 4.69) is 25.8 Å². The maximum atomic E-state index is 11.5. The quantitative estimate of drug-likeness (QED) is 0.849. The molecule has 1 fully saturated rings. The summed E-state index contributed by atoms with van der Waals surface area (Å²) in [4.78, 5) is 4.25. The molecule has 0 bridgehead atoms. The number of sulfone groups is 1. The number of nitrogens with one attached hydrogen (secondary N) is 2. The van der Waals surface area contributed by atoms with Crippen LogP contribution in [0, 0.1) is 0 Å². The first-order chi connectivity index (χ1) is 10.9. The van der Waals surface area contributed by atoms with Crippen molar-refractivity contribution in [3.05, 3.63) is 34.4 Å². The molecule has 1 atom stereocenters. The fourth-order valence-corrected chi connectivity index (χ4v) is 4.44. The van der Waals surface area contributed by atoms with E-state index < -0.39 is 9.84 Å². The molecular weight excluding hydrogens is 361 g/mol. The Balaban J connectivity index is 1.75. The van der Waals surface area contributed by atoms with Crippen LogP contribution in [-0.2, 0) is 9.84 Å². The maximum absolute atomic E-state index is 11.5. The van der Waals surface area contributed by atoms with Crippen LogP contribution in [0.25, 0.3) is 0 Å². The fraction of sp³-hybridized carbons (Fsp3) is 0.308. The van der Waals surface area contributed by atoms with Gasteiger partial charge in [0.1, 0.15) is 0 Å². The Kier molecular flexibility index (Phi) is 4.56. The summed E-state index contributed by atoms with van der Waals surface area (Å²) in [6, 6.07) is 4.94. The molecule has 1 aromatic heterocycles.